The van der Waals surface area contributed by atoms with Crippen LogP contribution in [0.15, 0.2) is 30.3 Å². The fourth-order valence-electron chi connectivity index (χ4n) is 4.43. The topological polar surface area (TPSA) is 41.6 Å². The lowest BCUT2D eigenvalue weighted by molar-refractivity contribution is -0.130. The third-order valence-electron chi connectivity index (χ3n) is 6.09. The van der Waals surface area contributed by atoms with Crippen molar-refractivity contribution in [3.8, 4) is 0 Å². The molecule has 4 heteroatoms. The number of piperidine rings is 1. The van der Waals surface area contributed by atoms with E-state index in [-0.39, 0.29) is 5.91 Å². The molecule has 0 aliphatic carbocycles. The highest BCUT2D eigenvalue weighted by Gasteiger charge is 2.41. The van der Waals surface area contributed by atoms with Crippen molar-refractivity contribution in [1.29, 1.82) is 0 Å². The van der Waals surface area contributed by atoms with Crippen LogP contribution in [-0.2, 0) is 14.9 Å². The molecule has 3 rings (SSSR count). The molecule has 1 aromatic rings. The summed E-state index contributed by atoms with van der Waals surface area (Å²) in [5.74, 6) is 0.165. The average molecular weight is 344 g/mol. The first-order chi connectivity index (χ1) is 12.1. The van der Waals surface area contributed by atoms with E-state index in [4.69, 9.17) is 4.74 Å². The normalized spacial score (nSPS) is 25.3. The molecule has 138 valence electrons. The van der Waals surface area contributed by atoms with Crippen LogP contribution in [0.4, 0.5) is 0 Å². The van der Waals surface area contributed by atoms with E-state index in [1.54, 1.807) is 0 Å². The van der Waals surface area contributed by atoms with E-state index in [0.717, 1.165) is 31.5 Å². The number of ether oxygens (including phenoxy) is 1. The molecule has 2 fully saturated rings. The lowest BCUT2D eigenvalue weighted by Crippen LogP contribution is -2.53. The zero-order chi connectivity index (χ0) is 17.7. The van der Waals surface area contributed by atoms with E-state index in [0.29, 0.717) is 25.3 Å². The van der Waals surface area contributed by atoms with E-state index in [1.807, 2.05) is 18.2 Å². The Morgan fingerprint density at radius 1 is 1.28 bits per heavy atom. The minimum Gasteiger partial charge on any atom is -0.381 e. The van der Waals surface area contributed by atoms with E-state index in [9.17, 15) is 4.79 Å². The van der Waals surface area contributed by atoms with Crippen molar-refractivity contribution in [2.75, 3.05) is 26.3 Å². The van der Waals surface area contributed by atoms with Gasteiger partial charge < -0.3 is 10.1 Å². The molecule has 0 bridgehead atoms. The van der Waals surface area contributed by atoms with Gasteiger partial charge in [-0.3, -0.25) is 9.69 Å². The molecular formula is C21H32N2O2. The monoisotopic (exact) mass is 344 g/mol. The first-order valence-corrected chi connectivity index (χ1v) is 9.81. The summed E-state index contributed by atoms with van der Waals surface area (Å²) in [6.07, 6.45) is 5.39. The number of carbonyl (C=O) groups is 1. The number of carbonyl (C=O) groups excluding carboxylic acids is 1. The molecule has 2 aliphatic heterocycles. The molecule has 0 aromatic heterocycles. The van der Waals surface area contributed by atoms with Gasteiger partial charge in [-0.2, -0.15) is 0 Å². The van der Waals surface area contributed by atoms with Gasteiger partial charge in [0.25, 0.3) is 0 Å². The van der Waals surface area contributed by atoms with Gasteiger partial charge in [0.2, 0.25) is 5.91 Å². The molecule has 0 saturated carbocycles. The maximum absolute atomic E-state index is 13.2. The van der Waals surface area contributed by atoms with Crippen molar-refractivity contribution in [2.45, 2.75) is 63.5 Å². The van der Waals surface area contributed by atoms with E-state index >= 15 is 0 Å². The Bertz CT molecular complexity index is 554. The molecule has 2 saturated heterocycles. The van der Waals surface area contributed by atoms with E-state index in [1.165, 1.54) is 19.3 Å². The summed E-state index contributed by atoms with van der Waals surface area (Å²) < 4.78 is 5.54. The fourth-order valence-corrected chi connectivity index (χ4v) is 4.43. The first-order valence-electron chi connectivity index (χ1n) is 9.81. The van der Waals surface area contributed by atoms with Crippen molar-refractivity contribution < 1.29 is 9.53 Å². The summed E-state index contributed by atoms with van der Waals surface area (Å²) >= 11 is 0. The van der Waals surface area contributed by atoms with Gasteiger partial charge in [-0.15, -0.1) is 0 Å². The number of hydrogen-bond donors (Lipinski definition) is 1. The summed E-state index contributed by atoms with van der Waals surface area (Å²) in [6, 6.07) is 11.2. The Morgan fingerprint density at radius 3 is 2.68 bits per heavy atom. The Balaban J connectivity index is 1.67. The number of likely N-dealkylation sites (tertiary alicyclic amines) is 1. The molecule has 2 heterocycles. The summed E-state index contributed by atoms with van der Waals surface area (Å²) in [6.45, 7) is 7.72. The Labute approximate surface area is 151 Å². The average Bonchev–Trinajstić information content (AvgIpc) is 2.67. The second-order valence-electron chi connectivity index (χ2n) is 7.70. The SMILES string of the molecule is C[C@H]1CCCCN1[C@@H](C)CNC(=O)C1(c2ccccc2)CCOCC1. The molecule has 25 heavy (non-hydrogen) atoms. The van der Waals surface area contributed by atoms with Crippen LogP contribution in [0.5, 0.6) is 0 Å². The van der Waals surface area contributed by atoms with Gasteiger partial charge in [-0.1, -0.05) is 36.8 Å². The molecule has 2 atom stereocenters. The third kappa shape index (κ3) is 4.06. The van der Waals surface area contributed by atoms with Crippen molar-refractivity contribution in [3.63, 3.8) is 0 Å². The molecule has 0 spiro atoms. The molecular weight excluding hydrogens is 312 g/mol. The predicted octanol–water partition coefficient (Wildman–Crippen LogP) is 3.11. The minimum atomic E-state index is -0.438. The Kier molecular flexibility index (Phi) is 6.13. The summed E-state index contributed by atoms with van der Waals surface area (Å²) in [5, 5.41) is 3.27. The number of nitrogens with zero attached hydrogens (tertiary/aromatic N) is 1. The van der Waals surface area contributed by atoms with Crippen molar-refractivity contribution in [3.05, 3.63) is 35.9 Å². The van der Waals surface area contributed by atoms with Crippen molar-refractivity contribution in [1.82, 2.24) is 10.2 Å². The summed E-state index contributed by atoms with van der Waals surface area (Å²) in [7, 11) is 0. The van der Waals surface area contributed by atoms with Crippen LogP contribution < -0.4 is 5.32 Å². The Morgan fingerprint density at radius 2 is 2.00 bits per heavy atom. The maximum atomic E-state index is 13.2. The van der Waals surface area contributed by atoms with Crippen molar-refractivity contribution >= 4 is 5.91 Å². The van der Waals surface area contributed by atoms with Crippen LogP contribution in [0.3, 0.4) is 0 Å². The number of nitrogens with one attached hydrogen (secondary N) is 1. The zero-order valence-electron chi connectivity index (χ0n) is 15.7. The second kappa shape index (κ2) is 8.33. The number of hydrogen-bond acceptors (Lipinski definition) is 3. The standard InChI is InChI=1S/C21H32N2O2/c1-17-8-6-7-13-23(17)18(2)16-22-20(24)21(11-14-25-15-12-21)19-9-4-3-5-10-19/h3-5,9-10,17-18H,6-8,11-16H2,1-2H3,(H,22,24)/t17-,18-/m0/s1. The molecule has 4 nitrogen and oxygen atoms in total. The fraction of sp³-hybridized carbons (Fsp3) is 0.667. The molecule has 1 N–H and O–H groups in total. The number of benzene rings is 1. The quantitative estimate of drug-likeness (QED) is 0.892. The minimum absolute atomic E-state index is 0.165. The number of amides is 1. The van der Waals surface area contributed by atoms with E-state index < -0.39 is 5.41 Å². The summed E-state index contributed by atoms with van der Waals surface area (Å²) in [4.78, 5) is 15.7. The highest BCUT2D eigenvalue weighted by Crippen LogP contribution is 2.35. The van der Waals surface area contributed by atoms with Gasteiger partial charge in [0.05, 0.1) is 5.41 Å². The van der Waals surface area contributed by atoms with Gasteiger partial charge in [0, 0.05) is 31.8 Å². The van der Waals surface area contributed by atoms with Crippen LogP contribution in [-0.4, -0.2) is 49.2 Å². The van der Waals surface area contributed by atoms with Crippen LogP contribution >= 0.6 is 0 Å². The highest BCUT2D eigenvalue weighted by atomic mass is 16.5. The molecule has 0 radical (unpaired) electrons. The molecule has 0 unspecified atom stereocenters. The van der Waals surface area contributed by atoms with Gasteiger partial charge in [0.15, 0.2) is 0 Å². The predicted molar refractivity (Wildman–Crippen MR) is 101 cm³/mol. The highest BCUT2D eigenvalue weighted by molar-refractivity contribution is 5.88. The molecule has 1 amide bonds. The number of rotatable bonds is 5. The molecule has 1 aromatic carbocycles. The van der Waals surface area contributed by atoms with Gasteiger partial charge in [-0.05, 0) is 51.6 Å². The van der Waals surface area contributed by atoms with Gasteiger partial charge >= 0.3 is 0 Å². The maximum Gasteiger partial charge on any atom is 0.230 e. The van der Waals surface area contributed by atoms with Crippen molar-refractivity contribution in [2.24, 2.45) is 0 Å². The van der Waals surface area contributed by atoms with Gasteiger partial charge in [-0.25, -0.2) is 0 Å². The first kappa shape index (κ1) is 18.4. The lowest BCUT2D eigenvalue weighted by Gasteiger charge is -2.40. The third-order valence-corrected chi connectivity index (χ3v) is 6.09. The second-order valence-corrected chi connectivity index (χ2v) is 7.70. The zero-order valence-corrected chi connectivity index (χ0v) is 15.7. The van der Waals surface area contributed by atoms with Crippen LogP contribution in [0, 0.1) is 0 Å². The molecule has 2 aliphatic rings. The van der Waals surface area contributed by atoms with Crippen LogP contribution in [0.25, 0.3) is 0 Å². The lowest BCUT2D eigenvalue weighted by atomic mass is 9.73. The summed E-state index contributed by atoms with van der Waals surface area (Å²) in [5.41, 5.74) is 0.682. The largest absolute Gasteiger partial charge is 0.381 e. The van der Waals surface area contributed by atoms with Gasteiger partial charge in [0.1, 0.15) is 0 Å². The smallest absolute Gasteiger partial charge is 0.230 e. The van der Waals surface area contributed by atoms with Crippen LogP contribution in [0.2, 0.25) is 0 Å². The van der Waals surface area contributed by atoms with E-state index in [2.05, 4.69) is 36.2 Å². The Hall–Kier alpha value is -1.39. The van der Waals surface area contributed by atoms with Crippen LogP contribution in [0.1, 0.15) is 51.5 Å².